The molecule has 1 amide bonds. The molecule has 4 rings (SSSR count). The highest BCUT2D eigenvalue weighted by molar-refractivity contribution is 7.97. The number of carbonyl (C=O) groups excluding carboxylic acids is 1. The minimum Gasteiger partial charge on any atom is -0.315 e. The SMILES string of the molecule is CCSNC1CCc2c(-c3ccc4c(c3)CCC(=O)N4C)cncc21. The van der Waals surface area contributed by atoms with Crippen molar-refractivity contribution in [2.75, 3.05) is 17.7 Å². The summed E-state index contributed by atoms with van der Waals surface area (Å²) in [5.41, 5.74) is 7.51. The van der Waals surface area contributed by atoms with E-state index in [-0.39, 0.29) is 5.91 Å². The molecule has 4 nitrogen and oxygen atoms in total. The van der Waals surface area contributed by atoms with Crippen LogP contribution in [-0.4, -0.2) is 23.7 Å². The van der Waals surface area contributed by atoms with Gasteiger partial charge in [-0.3, -0.25) is 14.5 Å². The lowest BCUT2D eigenvalue weighted by Crippen LogP contribution is -2.30. The molecule has 1 aliphatic heterocycles. The van der Waals surface area contributed by atoms with E-state index in [0.717, 1.165) is 30.7 Å². The molecule has 0 spiro atoms. The van der Waals surface area contributed by atoms with E-state index in [0.29, 0.717) is 12.5 Å². The smallest absolute Gasteiger partial charge is 0.227 e. The third-order valence-electron chi connectivity index (χ3n) is 5.25. The van der Waals surface area contributed by atoms with Crippen LogP contribution < -0.4 is 9.62 Å². The predicted octanol–water partition coefficient (Wildman–Crippen LogP) is 3.90. The summed E-state index contributed by atoms with van der Waals surface area (Å²) in [6.07, 6.45) is 7.65. The Kier molecular flexibility index (Phi) is 4.52. The first-order valence-corrected chi connectivity index (χ1v) is 9.91. The summed E-state index contributed by atoms with van der Waals surface area (Å²) in [7, 11) is 1.86. The van der Waals surface area contributed by atoms with Gasteiger partial charge in [-0.2, -0.15) is 0 Å². The molecule has 1 aliphatic carbocycles. The predicted molar refractivity (Wildman–Crippen MR) is 104 cm³/mol. The minimum atomic E-state index is 0.199. The number of carbonyl (C=O) groups is 1. The molecule has 5 heteroatoms. The molecule has 25 heavy (non-hydrogen) atoms. The molecular formula is C20H23N3OS. The summed E-state index contributed by atoms with van der Waals surface area (Å²) in [6.45, 7) is 2.16. The Bertz CT molecular complexity index is 821. The lowest BCUT2D eigenvalue weighted by molar-refractivity contribution is -0.118. The molecular weight excluding hydrogens is 330 g/mol. The number of amides is 1. The third-order valence-corrected chi connectivity index (χ3v) is 5.99. The van der Waals surface area contributed by atoms with E-state index in [4.69, 9.17) is 0 Å². The molecule has 0 bridgehead atoms. The zero-order valence-electron chi connectivity index (χ0n) is 14.7. The number of nitrogens with zero attached hydrogens (tertiary/aromatic N) is 2. The Labute approximate surface area is 153 Å². The lowest BCUT2D eigenvalue weighted by atomic mass is 9.94. The van der Waals surface area contributed by atoms with Crippen molar-refractivity contribution in [3.63, 3.8) is 0 Å². The van der Waals surface area contributed by atoms with Crippen LogP contribution in [0.3, 0.4) is 0 Å². The number of benzene rings is 1. The van der Waals surface area contributed by atoms with Crippen LogP contribution in [0.25, 0.3) is 11.1 Å². The average molecular weight is 353 g/mol. The van der Waals surface area contributed by atoms with E-state index >= 15 is 0 Å². The summed E-state index contributed by atoms with van der Waals surface area (Å²) in [5.74, 6) is 1.26. The second-order valence-corrected chi connectivity index (χ2v) is 7.79. The molecule has 2 aromatic rings. The van der Waals surface area contributed by atoms with Crippen molar-refractivity contribution < 1.29 is 4.79 Å². The zero-order chi connectivity index (χ0) is 17.4. The van der Waals surface area contributed by atoms with Gasteiger partial charge >= 0.3 is 0 Å². The summed E-state index contributed by atoms with van der Waals surface area (Å²) >= 11 is 1.77. The van der Waals surface area contributed by atoms with Gasteiger partial charge in [-0.1, -0.05) is 24.9 Å². The lowest BCUT2D eigenvalue weighted by Gasteiger charge is -2.26. The van der Waals surface area contributed by atoms with Crippen LogP contribution in [0.15, 0.2) is 30.6 Å². The molecule has 0 radical (unpaired) electrons. The van der Waals surface area contributed by atoms with Crippen molar-refractivity contribution in [2.24, 2.45) is 0 Å². The first kappa shape index (κ1) is 16.6. The van der Waals surface area contributed by atoms with Crippen molar-refractivity contribution in [3.05, 3.63) is 47.3 Å². The quantitative estimate of drug-likeness (QED) is 0.847. The van der Waals surface area contributed by atoms with Crippen LogP contribution in [0.2, 0.25) is 0 Å². The van der Waals surface area contributed by atoms with Gasteiger partial charge in [0.2, 0.25) is 5.91 Å². The van der Waals surface area contributed by atoms with Crippen LogP contribution in [0.5, 0.6) is 0 Å². The fraction of sp³-hybridized carbons (Fsp3) is 0.400. The van der Waals surface area contributed by atoms with Crippen molar-refractivity contribution in [1.29, 1.82) is 0 Å². The molecule has 1 aromatic carbocycles. The number of nitrogens with one attached hydrogen (secondary N) is 1. The first-order valence-electron chi connectivity index (χ1n) is 8.93. The third kappa shape index (κ3) is 2.96. The number of anilines is 1. The molecule has 1 unspecified atom stereocenters. The number of hydrogen-bond acceptors (Lipinski definition) is 4. The molecule has 2 heterocycles. The monoisotopic (exact) mass is 353 g/mol. The van der Waals surface area contributed by atoms with Gasteiger partial charge in [0.05, 0.1) is 0 Å². The fourth-order valence-electron chi connectivity index (χ4n) is 3.91. The number of aryl methyl sites for hydroxylation is 1. The summed E-state index contributed by atoms with van der Waals surface area (Å²) in [4.78, 5) is 18.2. The first-order chi connectivity index (χ1) is 12.2. The van der Waals surface area contributed by atoms with Gasteiger partial charge in [-0.25, -0.2) is 0 Å². The minimum absolute atomic E-state index is 0.199. The van der Waals surface area contributed by atoms with Crippen LogP contribution in [-0.2, 0) is 17.6 Å². The molecule has 0 saturated carbocycles. The molecule has 0 saturated heterocycles. The molecule has 130 valence electrons. The van der Waals surface area contributed by atoms with E-state index in [9.17, 15) is 4.79 Å². The maximum absolute atomic E-state index is 11.9. The van der Waals surface area contributed by atoms with Crippen LogP contribution in [0.4, 0.5) is 5.69 Å². The standard InChI is InChI=1S/C20H23N3OS/c1-3-25-22-18-7-6-15-16(11-21-12-17(15)18)13-4-8-19-14(10-13)5-9-20(24)23(19)2/h4,8,10-12,18,22H,3,5-7,9H2,1-2H3. The highest BCUT2D eigenvalue weighted by Crippen LogP contribution is 2.39. The van der Waals surface area contributed by atoms with Gasteiger partial charge in [0.15, 0.2) is 0 Å². The summed E-state index contributed by atoms with van der Waals surface area (Å²) in [6, 6.07) is 6.86. The molecule has 1 N–H and O–H groups in total. The Hall–Kier alpha value is -1.85. The van der Waals surface area contributed by atoms with E-state index < -0.39 is 0 Å². The second kappa shape index (κ2) is 6.81. The number of fused-ring (bicyclic) bond motifs is 2. The highest BCUT2D eigenvalue weighted by Gasteiger charge is 2.26. The molecule has 1 atom stereocenters. The Balaban J connectivity index is 1.70. The molecule has 1 aromatic heterocycles. The number of hydrogen-bond donors (Lipinski definition) is 1. The van der Waals surface area contributed by atoms with Crippen LogP contribution in [0, 0.1) is 0 Å². The van der Waals surface area contributed by atoms with Crippen molar-refractivity contribution in [3.8, 4) is 11.1 Å². The van der Waals surface area contributed by atoms with Crippen molar-refractivity contribution in [1.82, 2.24) is 9.71 Å². The van der Waals surface area contributed by atoms with E-state index in [1.165, 1.54) is 27.8 Å². The van der Waals surface area contributed by atoms with Gasteiger partial charge in [0.1, 0.15) is 0 Å². The maximum atomic E-state index is 11.9. The average Bonchev–Trinajstić information content (AvgIpc) is 3.06. The van der Waals surface area contributed by atoms with Gasteiger partial charge < -0.3 is 4.90 Å². The second-order valence-electron chi connectivity index (χ2n) is 6.69. The molecule has 2 aliphatic rings. The van der Waals surface area contributed by atoms with E-state index in [1.807, 2.05) is 19.4 Å². The molecule has 0 fully saturated rings. The highest BCUT2D eigenvalue weighted by atomic mass is 32.2. The van der Waals surface area contributed by atoms with Crippen LogP contribution in [0.1, 0.15) is 42.5 Å². The number of aromatic nitrogens is 1. The Morgan fingerprint density at radius 1 is 1.28 bits per heavy atom. The normalized spacial score (nSPS) is 19.0. The maximum Gasteiger partial charge on any atom is 0.227 e. The van der Waals surface area contributed by atoms with Crippen molar-refractivity contribution >= 4 is 23.5 Å². The van der Waals surface area contributed by atoms with Crippen molar-refractivity contribution in [2.45, 2.75) is 38.6 Å². The Morgan fingerprint density at radius 2 is 2.16 bits per heavy atom. The van der Waals surface area contributed by atoms with E-state index in [1.54, 1.807) is 16.8 Å². The van der Waals surface area contributed by atoms with Gasteiger partial charge in [0.25, 0.3) is 0 Å². The topological polar surface area (TPSA) is 45.2 Å². The number of pyridine rings is 1. The number of rotatable bonds is 4. The van der Waals surface area contributed by atoms with Gasteiger partial charge in [-0.15, -0.1) is 0 Å². The Morgan fingerprint density at radius 3 is 3.00 bits per heavy atom. The fourth-order valence-corrected chi connectivity index (χ4v) is 4.52. The van der Waals surface area contributed by atoms with E-state index in [2.05, 4.69) is 34.8 Å². The van der Waals surface area contributed by atoms with Gasteiger partial charge in [-0.05, 0) is 53.6 Å². The zero-order valence-corrected chi connectivity index (χ0v) is 15.5. The summed E-state index contributed by atoms with van der Waals surface area (Å²) < 4.78 is 3.56. The van der Waals surface area contributed by atoms with Gasteiger partial charge in [0, 0.05) is 48.9 Å². The summed E-state index contributed by atoms with van der Waals surface area (Å²) in [5, 5.41) is 0. The van der Waals surface area contributed by atoms with Crippen LogP contribution >= 0.6 is 11.9 Å². The largest absolute Gasteiger partial charge is 0.315 e.